The number of rotatable bonds is 62. The molecule has 0 aromatic carbocycles. The van der Waals surface area contributed by atoms with Gasteiger partial charge in [-0.25, -0.2) is 0 Å². The molecule has 0 saturated carbocycles. The summed E-state index contributed by atoms with van der Waals surface area (Å²) in [4.78, 5) is 25.6. The van der Waals surface area contributed by atoms with E-state index < -0.39 is 26.6 Å². The molecule has 79 heavy (non-hydrogen) atoms. The maximum absolute atomic E-state index is 13.0. The van der Waals surface area contributed by atoms with E-state index in [2.05, 4.69) is 79.9 Å². The number of nitrogens with one attached hydrogen (secondary N) is 1. The number of likely N-dealkylation sites (N-methyl/N-ethyl adjacent to an activating group) is 1. The largest absolute Gasteiger partial charge is 0.756 e. The van der Waals surface area contributed by atoms with Crippen LogP contribution in [0, 0.1) is 0 Å². The zero-order valence-electron chi connectivity index (χ0n) is 52.8. The number of carbonyl (C=O) groups is 1. The Hall–Kier alpha value is -2.06. The topological polar surface area (TPSA) is 108 Å². The second-order valence-electron chi connectivity index (χ2n) is 24.1. The lowest BCUT2D eigenvalue weighted by atomic mass is 10.0. The fourth-order valence-electron chi connectivity index (χ4n) is 9.93. The lowest BCUT2D eigenvalue weighted by molar-refractivity contribution is -0.870. The second-order valence-corrected chi connectivity index (χ2v) is 25.6. The average molecular weight is 1130 g/mol. The van der Waals surface area contributed by atoms with Gasteiger partial charge in [0.25, 0.3) is 7.82 Å². The third kappa shape index (κ3) is 63.4. The molecule has 0 rings (SSSR count). The second kappa shape index (κ2) is 60.5. The monoisotopic (exact) mass is 1130 g/mol. The highest BCUT2D eigenvalue weighted by atomic mass is 31.2. The SMILES string of the molecule is CC/C=C\C/C=C\C/C=C\C/C=C\CCCCCCCCCCCCCCCCCCCCCCCCCCCCC(=O)NC(COP(=O)([O-])OCC[N+](C)(C)C)C(O)/C=C/CC/C=C/CCCCCCCCCCCCCC. The van der Waals surface area contributed by atoms with E-state index in [1.54, 1.807) is 6.08 Å². The summed E-state index contributed by atoms with van der Waals surface area (Å²) in [6.45, 7) is 4.55. The zero-order valence-corrected chi connectivity index (χ0v) is 53.7. The van der Waals surface area contributed by atoms with Gasteiger partial charge in [0.05, 0.1) is 39.9 Å². The number of allylic oxidation sites excluding steroid dienone is 11. The summed E-state index contributed by atoms with van der Waals surface area (Å²) in [5, 5.41) is 13.9. The van der Waals surface area contributed by atoms with Crippen molar-refractivity contribution >= 4 is 13.7 Å². The molecule has 0 aromatic heterocycles. The molecular formula is C70H131N2O6P. The van der Waals surface area contributed by atoms with E-state index in [1.807, 2.05) is 27.2 Å². The van der Waals surface area contributed by atoms with E-state index in [9.17, 15) is 19.4 Å². The summed E-state index contributed by atoms with van der Waals surface area (Å²) in [7, 11) is 1.25. The van der Waals surface area contributed by atoms with E-state index in [1.165, 1.54) is 231 Å². The highest BCUT2D eigenvalue weighted by molar-refractivity contribution is 7.45. The minimum absolute atomic E-state index is 0.00591. The third-order valence-corrected chi connectivity index (χ3v) is 16.1. The van der Waals surface area contributed by atoms with Gasteiger partial charge in [0, 0.05) is 6.42 Å². The molecule has 2 N–H and O–H groups in total. The van der Waals surface area contributed by atoms with Crippen LogP contribution in [-0.4, -0.2) is 68.5 Å². The number of phosphoric ester groups is 1. The number of unbranched alkanes of at least 4 members (excludes halogenated alkanes) is 39. The number of amides is 1. The fraction of sp³-hybridized carbons (Fsp3) is 0.814. The van der Waals surface area contributed by atoms with Crippen LogP contribution < -0.4 is 10.2 Å². The summed E-state index contributed by atoms with van der Waals surface area (Å²) in [5.41, 5.74) is 0. The maximum atomic E-state index is 13.0. The summed E-state index contributed by atoms with van der Waals surface area (Å²) in [6, 6.07) is -0.904. The van der Waals surface area contributed by atoms with Gasteiger partial charge in [0.2, 0.25) is 5.91 Å². The molecule has 0 spiro atoms. The molecule has 0 aliphatic heterocycles. The normalized spacial score (nSPS) is 14.2. The van der Waals surface area contributed by atoms with Gasteiger partial charge in [0.15, 0.2) is 0 Å². The van der Waals surface area contributed by atoms with E-state index in [0.29, 0.717) is 17.4 Å². The zero-order chi connectivity index (χ0) is 57.7. The Bertz CT molecular complexity index is 1520. The summed E-state index contributed by atoms with van der Waals surface area (Å²) in [5.74, 6) is -0.202. The Balaban J connectivity index is 3.95. The van der Waals surface area contributed by atoms with E-state index in [0.717, 1.165) is 64.2 Å². The molecule has 0 aliphatic rings. The molecule has 0 aromatic rings. The lowest BCUT2D eigenvalue weighted by Gasteiger charge is -2.29. The van der Waals surface area contributed by atoms with Gasteiger partial charge < -0.3 is 28.8 Å². The van der Waals surface area contributed by atoms with E-state index in [-0.39, 0.29) is 12.5 Å². The van der Waals surface area contributed by atoms with Crippen LogP contribution in [-0.2, 0) is 18.4 Å². The number of nitrogens with zero attached hydrogens (tertiary/aromatic N) is 1. The van der Waals surface area contributed by atoms with Crippen LogP contribution >= 0.6 is 7.82 Å². The van der Waals surface area contributed by atoms with E-state index in [4.69, 9.17) is 9.05 Å². The molecule has 3 unspecified atom stereocenters. The molecule has 3 atom stereocenters. The first-order chi connectivity index (χ1) is 38.5. The Morgan fingerprint density at radius 2 is 0.785 bits per heavy atom. The van der Waals surface area contributed by atoms with Crippen LogP contribution in [0.15, 0.2) is 72.9 Å². The minimum atomic E-state index is -4.61. The van der Waals surface area contributed by atoms with Gasteiger partial charge in [-0.15, -0.1) is 0 Å². The Morgan fingerprint density at radius 1 is 0.456 bits per heavy atom. The van der Waals surface area contributed by atoms with Crippen molar-refractivity contribution in [3.8, 4) is 0 Å². The predicted molar refractivity (Wildman–Crippen MR) is 344 cm³/mol. The molecule has 0 saturated heterocycles. The molecule has 462 valence electrons. The van der Waals surface area contributed by atoms with Gasteiger partial charge in [0.1, 0.15) is 13.2 Å². The maximum Gasteiger partial charge on any atom is 0.268 e. The Labute approximate surface area is 491 Å². The van der Waals surface area contributed by atoms with Crippen molar-refractivity contribution in [1.29, 1.82) is 0 Å². The molecular weight excluding hydrogens is 996 g/mol. The Morgan fingerprint density at radius 3 is 1.18 bits per heavy atom. The van der Waals surface area contributed by atoms with Crippen LogP contribution in [0.1, 0.15) is 316 Å². The third-order valence-electron chi connectivity index (χ3n) is 15.2. The molecule has 0 bridgehead atoms. The smallest absolute Gasteiger partial charge is 0.268 e. The van der Waals surface area contributed by atoms with Gasteiger partial charge >= 0.3 is 0 Å². The molecule has 8 nitrogen and oxygen atoms in total. The highest BCUT2D eigenvalue weighted by Gasteiger charge is 2.23. The molecule has 1 amide bonds. The summed E-state index contributed by atoms with van der Waals surface area (Å²) < 4.78 is 23.4. The van der Waals surface area contributed by atoms with Crippen molar-refractivity contribution in [3.05, 3.63) is 72.9 Å². The summed E-state index contributed by atoms with van der Waals surface area (Å²) in [6.07, 6.45) is 84.6. The van der Waals surface area contributed by atoms with E-state index >= 15 is 0 Å². The van der Waals surface area contributed by atoms with Gasteiger partial charge in [-0.3, -0.25) is 9.36 Å². The number of hydrogen-bond acceptors (Lipinski definition) is 6. The van der Waals surface area contributed by atoms with Crippen LogP contribution in [0.2, 0.25) is 0 Å². The number of quaternary nitrogens is 1. The Kier molecular flexibility index (Phi) is 59.0. The van der Waals surface area contributed by atoms with Gasteiger partial charge in [-0.1, -0.05) is 311 Å². The first-order valence-electron chi connectivity index (χ1n) is 33.8. The van der Waals surface area contributed by atoms with Crippen molar-refractivity contribution in [2.45, 2.75) is 328 Å². The van der Waals surface area contributed by atoms with Crippen molar-refractivity contribution < 1.29 is 32.9 Å². The molecule has 0 heterocycles. The van der Waals surface area contributed by atoms with Crippen molar-refractivity contribution in [1.82, 2.24) is 5.32 Å². The van der Waals surface area contributed by atoms with Crippen LogP contribution in [0.5, 0.6) is 0 Å². The number of aliphatic hydroxyl groups excluding tert-OH is 1. The standard InChI is InChI=1S/C70H131N2O6P/c1-6-8-10-12-14-16-18-20-22-24-26-27-28-29-30-31-32-33-34-35-36-37-38-39-40-41-42-43-44-45-46-48-50-52-54-56-58-60-62-64-70(74)71-68(67-78-79(75,76)77-66-65-72(3,4)5)69(73)63-61-59-57-55-53-51-49-47-25-23-21-19-17-15-13-11-9-7-2/h8,10,14,16,20,22,26-27,53,55,61,63,68-69,73H,6-7,9,11-13,15,17-19,21,23-25,28-52,54,56-60,62,64-67H2,1-5H3,(H-,71,74,75,76)/b10-8-,16-14-,22-20-,27-26-,55-53+,63-61+. The van der Waals surface area contributed by atoms with Crippen LogP contribution in [0.25, 0.3) is 0 Å². The lowest BCUT2D eigenvalue weighted by Crippen LogP contribution is -2.45. The molecule has 0 fully saturated rings. The first kappa shape index (κ1) is 76.9. The number of phosphoric acid groups is 1. The molecule has 0 aliphatic carbocycles. The number of carbonyl (C=O) groups excluding carboxylic acids is 1. The van der Waals surface area contributed by atoms with Crippen molar-refractivity contribution in [2.75, 3.05) is 40.9 Å². The minimum Gasteiger partial charge on any atom is -0.756 e. The van der Waals surface area contributed by atoms with Crippen LogP contribution in [0.4, 0.5) is 0 Å². The number of hydrogen-bond donors (Lipinski definition) is 2. The number of aliphatic hydroxyl groups is 1. The highest BCUT2D eigenvalue weighted by Crippen LogP contribution is 2.38. The van der Waals surface area contributed by atoms with Gasteiger partial charge in [-0.2, -0.15) is 0 Å². The molecule has 0 radical (unpaired) electrons. The first-order valence-corrected chi connectivity index (χ1v) is 35.3. The molecule has 9 heteroatoms. The van der Waals surface area contributed by atoms with Gasteiger partial charge in [-0.05, 0) is 70.6 Å². The van der Waals surface area contributed by atoms with Crippen LogP contribution in [0.3, 0.4) is 0 Å². The van der Waals surface area contributed by atoms with Crippen molar-refractivity contribution in [2.24, 2.45) is 0 Å². The quantitative estimate of drug-likeness (QED) is 0.0272. The average Bonchev–Trinajstić information content (AvgIpc) is 3.42. The predicted octanol–water partition coefficient (Wildman–Crippen LogP) is 20.8. The summed E-state index contributed by atoms with van der Waals surface area (Å²) >= 11 is 0. The fourth-order valence-corrected chi connectivity index (χ4v) is 10.7. The van der Waals surface area contributed by atoms with Crippen molar-refractivity contribution in [3.63, 3.8) is 0 Å².